The van der Waals surface area contributed by atoms with Gasteiger partial charge < -0.3 is 4.90 Å². The summed E-state index contributed by atoms with van der Waals surface area (Å²) in [7, 11) is 1.82. The van der Waals surface area contributed by atoms with Crippen LogP contribution in [-0.2, 0) is 6.42 Å². The van der Waals surface area contributed by atoms with Crippen molar-refractivity contribution in [3.63, 3.8) is 0 Å². The highest BCUT2D eigenvalue weighted by molar-refractivity contribution is 5.94. The lowest BCUT2D eigenvalue weighted by Crippen LogP contribution is -2.28. The first-order chi connectivity index (χ1) is 15.0. The third-order valence-electron chi connectivity index (χ3n) is 5.45. The fraction of sp³-hybridized carbons (Fsp3) is 0.292. The van der Waals surface area contributed by atoms with Crippen molar-refractivity contribution in [1.29, 1.82) is 0 Å². The topological polar surface area (TPSA) is 64.6 Å². The van der Waals surface area contributed by atoms with Gasteiger partial charge in [-0.15, -0.1) is 0 Å². The van der Waals surface area contributed by atoms with Crippen LogP contribution in [0.5, 0.6) is 0 Å². The Balaban J connectivity index is 1.28. The Morgan fingerprint density at radius 1 is 1.16 bits per heavy atom. The van der Waals surface area contributed by atoms with Crippen LogP contribution in [0.2, 0.25) is 0 Å². The lowest BCUT2D eigenvalue weighted by Gasteiger charge is -2.18. The van der Waals surface area contributed by atoms with E-state index >= 15 is 0 Å². The normalized spacial score (nSPS) is 13.4. The summed E-state index contributed by atoms with van der Waals surface area (Å²) in [6, 6.07) is 15.9. The van der Waals surface area contributed by atoms with E-state index in [0.717, 1.165) is 54.2 Å². The number of hydrazone groups is 1. The predicted octanol–water partition coefficient (Wildman–Crippen LogP) is 4.51. The second-order valence-corrected chi connectivity index (χ2v) is 7.87. The van der Waals surface area contributed by atoms with Gasteiger partial charge in [0.05, 0.1) is 11.4 Å². The summed E-state index contributed by atoms with van der Waals surface area (Å²) in [5, 5.41) is 13.8. The Bertz CT molecular complexity index is 1070. The lowest BCUT2D eigenvalue weighted by molar-refractivity contribution is 0.0793. The molecule has 7 heteroatoms. The number of H-pyrrole nitrogens is 1. The van der Waals surface area contributed by atoms with E-state index in [1.807, 2.05) is 49.3 Å². The minimum atomic E-state index is -0.263. The minimum Gasteiger partial charge on any atom is -0.342 e. The molecule has 2 aromatic carbocycles. The predicted molar refractivity (Wildman–Crippen MR) is 121 cm³/mol. The molecule has 0 radical (unpaired) electrons. The van der Waals surface area contributed by atoms with E-state index in [1.54, 1.807) is 17.0 Å². The first-order valence-corrected chi connectivity index (χ1v) is 10.5. The summed E-state index contributed by atoms with van der Waals surface area (Å²) in [4.78, 5) is 14.5. The Morgan fingerprint density at radius 2 is 1.90 bits per heavy atom. The van der Waals surface area contributed by atoms with Crippen molar-refractivity contribution in [2.24, 2.45) is 5.10 Å². The minimum absolute atomic E-state index is 0.00395. The Hall–Kier alpha value is -3.48. The number of nitrogens with zero attached hydrogens (tertiary/aromatic N) is 4. The van der Waals surface area contributed by atoms with E-state index in [9.17, 15) is 9.18 Å². The van der Waals surface area contributed by atoms with E-state index < -0.39 is 0 Å². The molecule has 3 aromatic rings. The van der Waals surface area contributed by atoms with Gasteiger partial charge in [0.2, 0.25) is 0 Å². The quantitative estimate of drug-likeness (QED) is 0.613. The summed E-state index contributed by atoms with van der Waals surface area (Å²) in [5.74, 6) is -0.259. The SMILES string of the molecule is CC1=NN(c2ccc(C(=O)N(C)CCCc3cc(-c4ccc(F)cc4)n[nH]3)cc2)CC1. The number of halogens is 1. The van der Waals surface area contributed by atoms with Gasteiger partial charge in [0.25, 0.3) is 5.91 Å². The van der Waals surface area contributed by atoms with Crippen molar-refractivity contribution in [3.8, 4) is 11.3 Å². The summed E-state index contributed by atoms with van der Waals surface area (Å²) in [6.45, 7) is 3.55. The smallest absolute Gasteiger partial charge is 0.253 e. The Labute approximate surface area is 181 Å². The van der Waals surface area contributed by atoms with Gasteiger partial charge in [-0.2, -0.15) is 10.2 Å². The molecule has 4 rings (SSSR count). The van der Waals surface area contributed by atoms with Crippen LogP contribution in [0.3, 0.4) is 0 Å². The Kier molecular flexibility index (Phi) is 6.11. The van der Waals surface area contributed by atoms with Crippen LogP contribution in [0.15, 0.2) is 59.7 Å². The van der Waals surface area contributed by atoms with Gasteiger partial charge in [-0.25, -0.2) is 4.39 Å². The molecule has 0 aliphatic carbocycles. The number of benzene rings is 2. The first kappa shape index (κ1) is 20.8. The van der Waals surface area contributed by atoms with Gasteiger partial charge in [0.1, 0.15) is 5.82 Å². The molecule has 1 aliphatic rings. The number of nitrogens with one attached hydrogen (secondary N) is 1. The number of anilines is 1. The molecule has 1 aromatic heterocycles. The monoisotopic (exact) mass is 419 g/mol. The number of amides is 1. The second-order valence-electron chi connectivity index (χ2n) is 7.87. The molecule has 1 N–H and O–H groups in total. The number of aromatic amines is 1. The highest BCUT2D eigenvalue weighted by atomic mass is 19.1. The van der Waals surface area contributed by atoms with E-state index in [0.29, 0.717) is 12.1 Å². The summed E-state index contributed by atoms with van der Waals surface area (Å²) in [5.41, 5.74) is 5.46. The number of aromatic nitrogens is 2. The molecule has 31 heavy (non-hydrogen) atoms. The lowest BCUT2D eigenvalue weighted by atomic mass is 10.1. The number of rotatable bonds is 7. The van der Waals surface area contributed by atoms with Crippen LogP contribution in [0.1, 0.15) is 35.8 Å². The maximum Gasteiger partial charge on any atom is 0.253 e. The molecular formula is C24H26FN5O. The van der Waals surface area contributed by atoms with Gasteiger partial charge >= 0.3 is 0 Å². The van der Waals surface area contributed by atoms with Crippen LogP contribution in [0, 0.1) is 5.82 Å². The van der Waals surface area contributed by atoms with E-state index in [1.165, 1.54) is 12.1 Å². The maximum atomic E-state index is 13.1. The van der Waals surface area contributed by atoms with Crippen molar-refractivity contribution in [3.05, 3.63) is 71.7 Å². The van der Waals surface area contributed by atoms with E-state index in [2.05, 4.69) is 15.3 Å². The molecule has 0 saturated heterocycles. The standard InChI is InChI=1S/C24H26FN5O/c1-17-13-15-30(28-17)22-11-7-19(8-12-22)24(31)29(2)14-3-4-21-16-23(27-26-21)18-5-9-20(25)10-6-18/h5-12,16H,3-4,13-15H2,1-2H3,(H,26,27). The Morgan fingerprint density at radius 3 is 2.58 bits per heavy atom. The first-order valence-electron chi connectivity index (χ1n) is 10.5. The third kappa shape index (κ3) is 4.99. The molecule has 6 nitrogen and oxygen atoms in total. The zero-order chi connectivity index (χ0) is 21.8. The molecule has 160 valence electrons. The molecule has 1 aliphatic heterocycles. The van der Waals surface area contributed by atoms with Crippen LogP contribution >= 0.6 is 0 Å². The van der Waals surface area contributed by atoms with Crippen molar-refractivity contribution in [2.45, 2.75) is 26.2 Å². The fourth-order valence-electron chi connectivity index (χ4n) is 3.62. The average Bonchev–Trinajstić information content (AvgIpc) is 3.43. The molecule has 0 fully saturated rings. The van der Waals surface area contributed by atoms with Crippen LogP contribution < -0.4 is 5.01 Å². The number of hydrogen-bond acceptors (Lipinski definition) is 4. The van der Waals surface area contributed by atoms with Crippen molar-refractivity contribution in [1.82, 2.24) is 15.1 Å². The van der Waals surface area contributed by atoms with E-state index in [4.69, 9.17) is 0 Å². The zero-order valence-corrected chi connectivity index (χ0v) is 17.8. The number of carbonyl (C=O) groups excluding carboxylic acids is 1. The molecule has 0 unspecified atom stereocenters. The van der Waals surface area contributed by atoms with Gasteiger partial charge in [0.15, 0.2) is 0 Å². The highest BCUT2D eigenvalue weighted by Gasteiger charge is 2.15. The summed E-state index contributed by atoms with van der Waals surface area (Å²) >= 11 is 0. The van der Waals surface area contributed by atoms with Gasteiger partial charge in [-0.05, 0) is 74.4 Å². The molecule has 0 bridgehead atoms. The molecule has 2 heterocycles. The second kappa shape index (κ2) is 9.12. The van der Waals surface area contributed by atoms with Crippen LogP contribution in [0.4, 0.5) is 10.1 Å². The molecule has 0 atom stereocenters. The van der Waals surface area contributed by atoms with Crippen LogP contribution in [0.25, 0.3) is 11.3 Å². The maximum absolute atomic E-state index is 13.1. The summed E-state index contributed by atoms with van der Waals surface area (Å²) < 4.78 is 13.1. The highest BCUT2D eigenvalue weighted by Crippen LogP contribution is 2.21. The third-order valence-corrected chi connectivity index (χ3v) is 5.45. The molecule has 1 amide bonds. The number of hydrogen-bond donors (Lipinski definition) is 1. The van der Waals surface area contributed by atoms with Crippen LogP contribution in [-0.4, -0.2) is 46.9 Å². The molecule has 0 spiro atoms. The van der Waals surface area contributed by atoms with Crippen molar-refractivity contribution < 1.29 is 9.18 Å². The average molecular weight is 420 g/mol. The van der Waals surface area contributed by atoms with Crippen molar-refractivity contribution in [2.75, 3.05) is 25.1 Å². The van der Waals surface area contributed by atoms with Gasteiger partial charge in [-0.3, -0.25) is 14.9 Å². The van der Waals surface area contributed by atoms with E-state index in [-0.39, 0.29) is 11.7 Å². The van der Waals surface area contributed by atoms with Gasteiger partial charge in [-0.1, -0.05) is 0 Å². The van der Waals surface area contributed by atoms with Gasteiger partial charge in [0, 0.05) is 49.1 Å². The fourth-order valence-corrected chi connectivity index (χ4v) is 3.62. The molecule has 0 saturated carbocycles. The summed E-state index contributed by atoms with van der Waals surface area (Å²) in [6.07, 6.45) is 2.56. The largest absolute Gasteiger partial charge is 0.342 e. The van der Waals surface area contributed by atoms with Crippen molar-refractivity contribution >= 4 is 17.3 Å². The number of aryl methyl sites for hydroxylation is 1. The molecular weight excluding hydrogens is 393 g/mol. The zero-order valence-electron chi connectivity index (χ0n) is 17.8. The number of carbonyl (C=O) groups is 1.